The van der Waals surface area contributed by atoms with Crippen molar-refractivity contribution in [3.8, 4) is 0 Å². The van der Waals surface area contributed by atoms with Gasteiger partial charge >= 0.3 is 0 Å². The predicted octanol–water partition coefficient (Wildman–Crippen LogP) is 2.68. The quantitative estimate of drug-likeness (QED) is 0.596. The average molecular weight is 331 g/mol. The summed E-state index contributed by atoms with van der Waals surface area (Å²) in [6.45, 7) is 1.25. The van der Waals surface area contributed by atoms with E-state index in [9.17, 15) is 0 Å². The first-order chi connectivity index (χ1) is 8.56. The van der Waals surface area contributed by atoms with Gasteiger partial charge in [-0.1, -0.05) is 12.2 Å². The molecule has 1 aromatic carbocycles. The minimum Gasteiger partial charge on any atom is -0.396 e. The van der Waals surface area contributed by atoms with E-state index < -0.39 is 0 Å². The maximum absolute atomic E-state index is 8.72. The third-order valence-corrected chi connectivity index (χ3v) is 3.69. The average Bonchev–Trinajstić information content (AvgIpc) is 2.33. The standard InChI is InChI=1S/C13H19BrN2OS/c1-16(7-3-2-4-8-17)10-5-6-11(13(15)18)12(14)9-10/h5-6,9,17H,2-4,7-8H2,1H3,(H2,15,18). The van der Waals surface area contributed by atoms with Gasteiger partial charge in [0, 0.05) is 35.9 Å². The van der Waals surface area contributed by atoms with Crippen molar-refractivity contribution in [3.05, 3.63) is 28.2 Å². The van der Waals surface area contributed by atoms with Gasteiger partial charge in [0.05, 0.1) is 0 Å². The molecule has 0 saturated heterocycles. The van der Waals surface area contributed by atoms with Crippen LogP contribution in [0.2, 0.25) is 0 Å². The van der Waals surface area contributed by atoms with E-state index in [0.717, 1.165) is 41.5 Å². The number of unbranched alkanes of at least 4 members (excludes halogenated alkanes) is 2. The monoisotopic (exact) mass is 330 g/mol. The fourth-order valence-electron chi connectivity index (χ4n) is 1.71. The number of thiocarbonyl (C=S) groups is 1. The number of nitrogens with two attached hydrogens (primary N) is 1. The summed E-state index contributed by atoms with van der Waals surface area (Å²) >= 11 is 8.45. The van der Waals surface area contributed by atoms with Crippen molar-refractivity contribution < 1.29 is 5.11 Å². The van der Waals surface area contributed by atoms with Gasteiger partial charge in [0.2, 0.25) is 0 Å². The van der Waals surface area contributed by atoms with Crippen LogP contribution < -0.4 is 10.6 Å². The molecule has 0 amide bonds. The van der Waals surface area contributed by atoms with Crippen LogP contribution in [0.15, 0.2) is 22.7 Å². The lowest BCUT2D eigenvalue weighted by Crippen LogP contribution is -2.19. The Bertz CT molecular complexity index is 412. The number of nitrogens with zero attached hydrogens (tertiary/aromatic N) is 1. The van der Waals surface area contributed by atoms with Crippen LogP contribution in [0.1, 0.15) is 24.8 Å². The first-order valence-electron chi connectivity index (χ1n) is 5.97. The molecule has 3 N–H and O–H groups in total. The van der Waals surface area contributed by atoms with Crippen LogP contribution in [0, 0.1) is 0 Å². The van der Waals surface area contributed by atoms with Gasteiger partial charge in [-0.2, -0.15) is 0 Å². The summed E-state index contributed by atoms with van der Waals surface area (Å²) < 4.78 is 0.926. The smallest absolute Gasteiger partial charge is 0.105 e. The SMILES string of the molecule is CN(CCCCCO)c1ccc(C(N)=S)c(Br)c1. The molecule has 1 aromatic rings. The molecule has 1 rings (SSSR count). The maximum atomic E-state index is 8.72. The van der Waals surface area contributed by atoms with Crippen molar-refractivity contribution in [1.29, 1.82) is 0 Å². The van der Waals surface area contributed by atoms with Gasteiger partial charge in [-0.25, -0.2) is 0 Å². The molecule has 0 bridgehead atoms. The fraction of sp³-hybridized carbons (Fsp3) is 0.462. The number of halogens is 1. The van der Waals surface area contributed by atoms with Gasteiger partial charge in [-0.3, -0.25) is 0 Å². The summed E-state index contributed by atoms with van der Waals surface area (Å²) in [5.74, 6) is 0. The minimum absolute atomic E-state index is 0.276. The molecule has 100 valence electrons. The van der Waals surface area contributed by atoms with E-state index in [4.69, 9.17) is 23.1 Å². The molecule has 5 heteroatoms. The number of aliphatic hydroxyl groups is 1. The highest BCUT2D eigenvalue weighted by Gasteiger charge is 2.06. The highest BCUT2D eigenvalue weighted by Crippen LogP contribution is 2.23. The molecule has 18 heavy (non-hydrogen) atoms. The lowest BCUT2D eigenvalue weighted by atomic mass is 10.2. The van der Waals surface area contributed by atoms with Gasteiger partial charge in [-0.05, 0) is 53.4 Å². The Morgan fingerprint density at radius 2 is 2.11 bits per heavy atom. The first-order valence-corrected chi connectivity index (χ1v) is 7.17. The molecule has 0 spiro atoms. The lowest BCUT2D eigenvalue weighted by molar-refractivity contribution is 0.283. The van der Waals surface area contributed by atoms with E-state index in [2.05, 4.69) is 27.9 Å². The molecule has 0 radical (unpaired) electrons. The highest BCUT2D eigenvalue weighted by molar-refractivity contribution is 9.10. The zero-order chi connectivity index (χ0) is 13.5. The van der Waals surface area contributed by atoms with Crippen molar-refractivity contribution in [2.24, 2.45) is 5.73 Å². The highest BCUT2D eigenvalue weighted by atomic mass is 79.9. The van der Waals surface area contributed by atoms with Crippen molar-refractivity contribution in [3.63, 3.8) is 0 Å². The van der Waals surface area contributed by atoms with E-state index in [1.807, 2.05) is 18.2 Å². The fourth-order valence-corrected chi connectivity index (χ4v) is 2.60. The summed E-state index contributed by atoms with van der Waals surface area (Å²) in [6.07, 6.45) is 3.00. The Hall–Kier alpha value is -0.650. The first kappa shape index (κ1) is 15.4. The largest absolute Gasteiger partial charge is 0.396 e. The number of benzene rings is 1. The van der Waals surface area contributed by atoms with E-state index in [-0.39, 0.29) is 6.61 Å². The van der Waals surface area contributed by atoms with Crippen molar-refractivity contribution >= 4 is 38.8 Å². The van der Waals surface area contributed by atoms with Gasteiger partial charge in [0.1, 0.15) is 4.99 Å². The van der Waals surface area contributed by atoms with Crippen LogP contribution in [-0.4, -0.2) is 30.3 Å². The van der Waals surface area contributed by atoms with Gasteiger partial charge in [0.25, 0.3) is 0 Å². The van der Waals surface area contributed by atoms with Crippen LogP contribution in [0.4, 0.5) is 5.69 Å². The van der Waals surface area contributed by atoms with Crippen molar-refractivity contribution in [2.45, 2.75) is 19.3 Å². The second-order valence-electron chi connectivity index (χ2n) is 4.23. The minimum atomic E-state index is 0.276. The maximum Gasteiger partial charge on any atom is 0.105 e. The molecular formula is C13H19BrN2OS. The Kier molecular flexibility index (Phi) is 6.60. The summed E-state index contributed by atoms with van der Waals surface area (Å²) in [6, 6.07) is 5.98. The molecule has 3 nitrogen and oxygen atoms in total. The van der Waals surface area contributed by atoms with Gasteiger partial charge < -0.3 is 15.7 Å². The number of hydrogen-bond acceptors (Lipinski definition) is 3. The predicted molar refractivity (Wildman–Crippen MR) is 84.2 cm³/mol. The van der Waals surface area contributed by atoms with E-state index >= 15 is 0 Å². The molecule has 0 saturated carbocycles. The van der Waals surface area contributed by atoms with Crippen LogP contribution >= 0.6 is 28.1 Å². The molecule has 0 aromatic heterocycles. The molecule has 0 aliphatic heterocycles. The molecule has 0 heterocycles. The zero-order valence-electron chi connectivity index (χ0n) is 10.5. The zero-order valence-corrected chi connectivity index (χ0v) is 12.9. The van der Waals surface area contributed by atoms with Crippen LogP contribution in [-0.2, 0) is 0 Å². The number of aliphatic hydroxyl groups excluding tert-OH is 1. The van der Waals surface area contributed by atoms with E-state index in [0.29, 0.717) is 4.99 Å². The Labute approximate surface area is 122 Å². The summed E-state index contributed by atoms with van der Waals surface area (Å²) in [4.78, 5) is 2.59. The summed E-state index contributed by atoms with van der Waals surface area (Å²) in [7, 11) is 2.06. The summed E-state index contributed by atoms with van der Waals surface area (Å²) in [5, 5.41) is 8.72. The molecule has 0 aliphatic rings. The second kappa shape index (κ2) is 7.71. The Morgan fingerprint density at radius 1 is 1.39 bits per heavy atom. The van der Waals surface area contributed by atoms with Crippen LogP contribution in [0.25, 0.3) is 0 Å². The van der Waals surface area contributed by atoms with E-state index in [1.165, 1.54) is 0 Å². The Balaban J connectivity index is 2.61. The number of anilines is 1. The second-order valence-corrected chi connectivity index (χ2v) is 5.53. The molecule has 0 atom stereocenters. The van der Waals surface area contributed by atoms with Crippen molar-refractivity contribution in [2.75, 3.05) is 25.1 Å². The molecule has 0 fully saturated rings. The van der Waals surface area contributed by atoms with E-state index in [1.54, 1.807) is 0 Å². The van der Waals surface area contributed by atoms with Gasteiger partial charge in [0.15, 0.2) is 0 Å². The third kappa shape index (κ3) is 4.55. The molecule has 0 unspecified atom stereocenters. The molecule has 0 aliphatic carbocycles. The van der Waals surface area contributed by atoms with Crippen LogP contribution in [0.5, 0.6) is 0 Å². The normalized spacial score (nSPS) is 10.4. The number of hydrogen-bond donors (Lipinski definition) is 2. The number of rotatable bonds is 7. The van der Waals surface area contributed by atoms with Gasteiger partial charge in [-0.15, -0.1) is 0 Å². The van der Waals surface area contributed by atoms with Crippen LogP contribution in [0.3, 0.4) is 0 Å². The molecular weight excluding hydrogens is 312 g/mol. The third-order valence-electron chi connectivity index (χ3n) is 2.81. The lowest BCUT2D eigenvalue weighted by Gasteiger charge is -2.20. The Morgan fingerprint density at radius 3 is 2.67 bits per heavy atom. The summed E-state index contributed by atoms with van der Waals surface area (Å²) in [5.41, 5.74) is 7.61. The van der Waals surface area contributed by atoms with Crippen molar-refractivity contribution in [1.82, 2.24) is 0 Å². The topological polar surface area (TPSA) is 49.5 Å².